The molecule has 1 fully saturated rings. The fourth-order valence-corrected chi connectivity index (χ4v) is 4.52. The van der Waals surface area contributed by atoms with Crippen molar-refractivity contribution in [2.45, 2.75) is 51.7 Å². The molecule has 2 atom stereocenters. The number of rotatable bonds is 5. The quantitative estimate of drug-likeness (QED) is 0.800. The maximum atomic E-state index is 12.8. The molecule has 2 aliphatic rings. The second-order valence-electron chi connectivity index (χ2n) is 8.31. The zero-order valence-corrected chi connectivity index (χ0v) is 16.6. The smallest absolute Gasteiger partial charge is 0.250 e. The molecule has 148 valence electrons. The minimum absolute atomic E-state index is 0.0804. The van der Waals surface area contributed by atoms with Crippen LogP contribution in [0.15, 0.2) is 47.3 Å². The van der Waals surface area contributed by atoms with Crippen molar-refractivity contribution in [3.8, 4) is 5.75 Å². The molecular weight excluding hydrogens is 352 g/mol. The Morgan fingerprint density at radius 3 is 2.64 bits per heavy atom. The van der Waals surface area contributed by atoms with Gasteiger partial charge in [0.05, 0.1) is 6.10 Å². The maximum Gasteiger partial charge on any atom is 0.250 e. The molecule has 2 aliphatic heterocycles. The van der Waals surface area contributed by atoms with E-state index in [1.54, 1.807) is 6.07 Å². The number of hydrogen-bond donors (Lipinski definition) is 0. The fraction of sp³-hybridized carbons (Fsp3) is 0.478. The first-order valence-corrected chi connectivity index (χ1v) is 10.2. The van der Waals surface area contributed by atoms with Crippen LogP contribution in [0.5, 0.6) is 5.75 Å². The number of aromatic nitrogens is 1. The number of aryl methyl sites for hydroxylation is 1. The van der Waals surface area contributed by atoms with E-state index in [1.165, 1.54) is 0 Å². The molecule has 2 aromatic rings. The normalized spacial score (nSPS) is 20.8. The van der Waals surface area contributed by atoms with Gasteiger partial charge in [-0.3, -0.25) is 9.59 Å². The van der Waals surface area contributed by atoms with Crippen LogP contribution in [0.2, 0.25) is 0 Å². The number of fused-ring (bicyclic) bond motifs is 4. The summed E-state index contributed by atoms with van der Waals surface area (Å²) in [4.78, 5) is 27.0. The minimum Gasteiger partial charge on any atom is -0.491 e. The summed E-state index contributed by atoms with van der Waals surface area (Å²) >= 11 is 0. The van der Waals surface area contributed by atoms with Crippen molar-refractivity contribution < 1.29 is 9.53 Å². The predicted octanol–water partition coefficient (Wildman–Crippen LogP) is 3.21. The van der Waals surface area contributed by atoms with Crippen LogP contribution < -0.4 is 10.3 Å². The van der Waals surface area contributed by atoms with Crippen molar-refractivity contribution in [2.24, 2.45) is 5.92 Å². The summed E-state index contributed by atoms with van der Waals surface area (Å²) in [7, 11) is 0. The summed E-state index contributed by atoms with van der Waals surface area (Å²) in [6.45, 7) is 6.23. The molecule has 2 bridgehead atoms. The molecule has 28 heavy (non-hydrogen) atoms. The number of piperidine rings is 1. The van der Waals surface area contributed by atoms with Gasteiger partial charge >= 0.3 is 0 Å². The number of nitrogens with zero attached hydrogens (tertiary/aromatic N) is 2. The molecule has 1 amide bonds. The second-order valence-corrected chi connectivity index (χ2v) is 8.31. The van der Waals surface area contributed by atoms with E-state index in [9.17, 15) is 9.59 Å². The Kier molecular flexibility index (Phi) is 5.25. The number of carbonyl (C=O) groups is 1. The number of pyridine rings is 1. The van der Waals surface area contributed by atoms with Gasteiger partial charge in [0.25, 0.3) is 5.56 Å². The Labute approximate surface area is 165 Å². The number of carbonyl (C=O) groups excluding carboxylic acids is 1. The van der Waals surface area contributed by atoms with Crippen molar-refractivity contribution in [2.75, 3.05) is 13.1 Å². The lowest BCUT2D eigenvalue weighted by atomic mass is 9.83. The molecule has 1 aromatic carbocycles. The monoisotopic (exact) mass is 380 g/mol. The number of benzene rings is 1. The van der Waals surface area contributed by atoms with E-state index >= 15 is 0 Å². The van der Waals surface area contributed by atoms with Crippen LogP contribution in [0.1, 0.15) is 43.9 Å². The van der Waals surface area contributed by atoms with Gasteiger partial charge in [-0.2, -0.15) is 0 Å². The lowest BCUT2D eigenvalue weighted by Crippen LogP contribution is -2.49. The Morgan fingerprint density at radius 1 is 1.11 bits per heavy atom. The Bertz CT molecular complexity index is 901. The van der Waals surface area contributed by atoms with Crippen LogP contribution >= 0.6 is 0 Å². The molecule has 3 heterocycles. The van der Waals surface area contributed by atoms with Crippen molar-refractivity contribution in [3.63, 3.8) is 0 Å². The van der Waals surface area contributed by atoms with E-state index in [0.717, 1.165) is 49.5 Å². The molecule has 1 saturated heterocycles. The number of ether oxygens (including phenoxy) is 1. The average molecular weight is 380 g/mol. The minimum atomic E-state index is 0.0804. The molecule has 5 nitrogen and oxygen atoms in total. The summed E-state index contributed by atoms with van der Waals surface area (Å²) in [6.07, 6.45) is 2.49. The van der Waals surface area contributed by atoms with Gasteiger partial charge in [0, 0.05) is 43.7 Å². The maximum absolute atomic E-state index is 12.8. The van der Waals surface area contributed by atoms with E-state index in [-0.39, 0.29) is 23.5 Å². The molecule has 0 unspecified atom stereocenters. The summed E-state index contributed by atoms with van der Waals surface area (Å²) in [5, 5.41) is 0. The van der Waals surface area contributed by atoms with E-state index in [1.807, 2.05) is 59.7 Å². The van der Waals surface area contributed by atoms with Gasteiger partial charge < -0.3 is 14.2 Å². The first kappa shape index (κ1) is 18.8. The summed E-state index contributed by atoms with van der Waals surface area (Å²) in [6, 6.07) is 13.5. The summed E-state index contributed by atoms with van der Waals surface area (Å²) in [5.74, 6) is 1.73. The highest BCUT2D eigenvalue weighted by Gasteiger charge is 2.35. The van der Waals surface area contributed by atoms with Crippen molar-refractivity contribution in [1.82, 2.24) is 9.47 Å². The molecule has 0 radical (unpaired) electrons. The van der Waals surface area contributed by atoms with Gasteiger partial charge in [-0.15, -0.1) is 0 Å². The third-order valence-electron chi connectivity index (χ3n) is 5.76. The molecule has 0 saturated carbocycles. The summed E-state index contributed by atoms with van der Waals surface area (Å²) < 4.78 is 7.57. The third-order valence-corrected chi connectivity index (χ3v) is 5.76. The molecule has 4 rings (SSSR count). The Balaban J connectivity index is 1.37. The SMILES string of the molecule is CC(C)Oc1ccc(CCC(=O)N2C[C@H]3C[C@@H](C2)c2cccc(=O)n2C3)cc1. The molecule has 1 aromatic heterocycles. The van der Waals surface area contributed by atoms with Crippen LogP contribution in [0.4, 0.5) is 0 Å². The van der Waals surface area contributed by atoms with Crippen LogP contribution in [0.25, 0.3) is 0 Å². The van der Waals surface area contributed by atoms with Gasteiger partial charge in [-0.25, -0.2) is 0 Å². The lowest BCUT2D eigenvalue weighted by molar-refractivity contribution is -0.133. The van der Waals surface area contributed by atoms with Gasteiger partial charge in [-0.1, -0.05) is 18.2 Å². The zero-order valence-electron chi connectivity index (χ0n) is 16.6. The van der Waals surface area contributed by atoms with Crippen LogP contribution in [-0.4, -0.2) is 34.6 Å². The number of hydrogen-bond acceptors (Lipinski definition) is 3. The molecular formula is C23H28N2O3. The van der Waals surface area contributed by atoms with Gasteiger partial charge in [-0.05, 0) is 56.4 Å². The molecule has 0 N–H and O–H groups in total. The molecule has 5 heteroatoms. The highest BCUT2D eigenvalue weighted by molar-refractivity contribution is 5.76. The highest BCUT2D eigenvalue weighted by atomic mass is 16.5. The number of likely N-dealkylation sites (tertiary alicyclic amines) is 1. The second kappa shape index (κ2) is 7.82. The van der Waals surface area contributed by atoms with Crippen LogP contribution in [-0.2, 0) is 17.8 Å². The van der Waals surface area contributed by atoms with Crippen molar-refractivity contribution in [3.05, 3.63) is 64.1 Å². The molecule has 0 spiro atoms. The van der Waals surface area contributed by atoms with Gasteiger partial charge in [0.15, 0.2) is 0 Å². The standard InChI is InChI=1S/C23H28N2O3/c1-16(2)28-20-9-6-17(7-10-20)8-11-22(26)24-13-18-12-19(15-24)21-4-3-5-23(27)25(21)14-18/h3-7,9-10,16,18-19H,8,11-15H2,1-2H3/t18-,19+/m1/s1. The lowest BCUT2D eigenvalue weighted by Gasteiger charge is -2.42. The van der Waals surface area contributed by atoms with E-state index in [0.29, 0.717) is 12.3 Å². The van der Waals surface area contributed by atoms with Crippen molar-refractivity contribution in [1.29, 1.82) is 0 Å². The number of amides is 1. The fourth-order valence-electron chi connectivity index (χ4n) is 4.52. The summed E-state index contributed by atoms with van der Waals surface area (Å²) in [5.41, 5.74) is 2.32. The van der Waals surface area contributed by atoms with E-state index in [2.05, 4.69) is 0 Å². The average Bonchev–Trinajstić information content (AvgIpc) is 2.67. The van der Waals surface area contributed by atoms with Crippen LogP contribution in [0.3, 0.4) is 0 Å². The first-order valence-electron chi connectivity index (χ1n) is 10.2. The largest absolute Gasteiger partial charge is 0.491 e. The first-order chi connectivity index (χ1) is 13.5. The van der Waals surface area contributed by atoms with Gasteiger partial charge in [0.1, 0.15) is 5.75 Å². The van der Waals surface area contributed by atoms with Crippen molar-refractivity contribution >= 4 is 5.91 Å². The predicted molar refractivity (Wildman–Crippen MR) is 109 cm³/mol. The third kappa shape index (κ3) is 3.98. The van der Waals surface area contributed by atoms with Crippen LogP contribution in [0, 0.1) is 5.92 Å². The molecule has 0 aliphatic carbocycles. The Morgan fingerprint density at radius 2 is 1.89 bits per heavy atom. The Hall–Kier alpha value is -2.56. The zero-order chi connectivity index (χ0) is 19.7. The van der Waals surface area contributed by atoms with Gasteiger partial charge in [0.2, 0.25) is 5.91 Å². The topological polar surface area (TPSA) is 51.5 Å². The van der Waals surface area contributed by atoms with E-state index in [4.69, 9.17) is 4.74 Å². The highest BCUT2D eigenvalue weighted by Crippen LogP contribution is 2.35. The van der Waals surface area contributed by atoms with E-state index < -0.39 is 0 Å².